The van der Waals surface area contributed by atoms with E-state index in [1.54, 1.807) is 24.3 Å². The molecule has 142 valence electrons. The Balaban J connectivity index is 1.89. The summed E-state index contributed by atoms with van der Waals surface area (Å²) >= 11 is 5.80. The minimum atomic E-state index is -0.887. The highest BCUT2D eigenvalue weighted by Gasteiger charge is 2.23. The van der Waals surface area contributed by atoms with Gasteiger partial charge in [0.25, 0.3) is 11.6 Å². The Morgan fingerprint density at radius 2 is 1.79 bits per heavy atom. The second-order valence-corrected chi connectivity index (χ2v) is 5.81. The van der Waals surface area contributed by atoms with Crippen molar-refractivity contribution in [3.05, 3.63) is 79.6 Å². The van der Waals surface area contributed by atoms with Crippen molar-refractivity contribution in [1.29, 1.82) is 0 Å². The largest absolute Gasteiger partial charge is 0.457 e. The molecule has 0 aliphatic heterocycles. The van der Waals surface area contributed by atoms with Gasteiger partial charge in [0.2, 0.25) is 5.69 Å². The third kappa shape index (κ3) is 4.22. The number of halogens is 1. The van der Waals surface area contributed by atoms with Gasteiger partial charge < -0.3 is 10.1 Å². The molecule has 3 rings (SSSR count). The molecular weight excluding hydrogens is 394 g/mol. The first-order chi connectivity index (χ1) is 13.3. The number of non-ortho nitro benzene ring substituents is 1. The van der Waals surface area contributed by atoms with Crippen molar-refractivity contribution >= 4 is 34.6 Å². The lowest BCUT2D eigenvalue weighted by molar-refractivity contribution is -0.385. The Kier molecular flexibility index (Phi) is 5.18. The van der Waals surface area contributed by atoms with Gasteiger partial charge in [0.15, 0.2) is 0 Å². The molecule has 0 unspecified atom stereocenters. The summed E-state index contributed by atoms with van der Waals surface area (Å²) in [5.41, 5.74) is -1.26. The fourth-order valence-corrected chi connectivity index (χ4v) is 2.36. The van der Waals surface area contributed by atoms with Crippen LogP contribution in [0.3, 0.4) is 0 Å². The maximum Gasteiger partial charge on any atom is 0.319 e. The van der Waals surface area contributed by atoms with Crippen LogP contribution in [0, 0.1) is 20.2 Å². The van der Waals surface area contributed by atoms with Crippen LogP contribution in [0.15, 0.2) is 48.7 Å². The number of benzene rings is 2. The number of anilines is 1. The van der Waals surface area contributed by atoms with Crippen molar-refractivity contribution in [3.63, 3.8) is 0 Å². The molecule has 0 bridgehead atoms. The number of rotatable bonds is 6. The van der Waals surface area contributed by atoms with Crippen molar-refractivity contribution in [1.82, 2.24) is 10.2 Å². The standard InChI is InChI=1S/C16H10ClN5O6/c17-9-1-3-12(4-2-9)28-13-6-10(5-11(7-13)21(24)25)19-16(23)15-14(22(26)27)8-18-20-15/h1-8H,(H,18,20)(H,19,23). The molecule has 1 heterocycles. The number of nitrogens with zero attached hydrogens (tertiary/aromatic N) is 3. The highest BCUT2D eigenvalue weighted by Crippen LogP contribution is 2.30. The second-order valence-electron chi connectivity index (χ2n) is 5.37. The number of nitrogens with one attached hydrogen (secondary N) is 2. The highest BCUT2D eigenvalue weighted by atomic mass is 35.5. The van der Waals surface area contributed by atoms with Gasteiger partial charge in [0.1, 0.15) is 17.7 Å². The molecule has 0 fully saturated rings. The van der Waals surface area contributed by atoms with Gasteiger partial charge in [-0.05, 0) is 24.3 Å². The number of hydrogen-bond acceptors (Lipinski definition) is 7. The molecule has 0 radical (unpaired) electrons. The Morgan fingerprint density at radius 3 is 2.43 bits per heavy atom. The molecule has 0 atom stereocenters. The number of ether oxygens (including phenoxy) is 1. The lowest BCUT2D eigenvalue weighted by atomic mass is 10.2. The lowest BCUT2D eigenvalue weighted by Crippen LogP contribution is -2.14. The zero-order valence-electron chi connectivity index (χ0n) is 13.8. The molecule has 12 heteroatoms. The predicted octanol–water partition coefficient (Wildman–Crippen LogP) is 3.92. The summed E-state index contributed by atoms with van der Waals surface area (Å²) in [6.45, 7) is 0. The van der Waals surface area contributed by atoms with E-state index in [1.807, 2.05) is 0 Å². The van der Waals surface area contributed by atoms with Crippen LogP contribution < -0.4 is 10.1 Å². The predicted molar refractivity (Wildman–Crippen MR) is 97.8 cm³/mol. The third-order valence-electron chi connectivity index (χ3n) is 3.45. The van der Waals surface area contributed by atoms with Crippen molar-refractivity contribution in [2.45, 2.75) is 0 Å². The first-order valence-corrected chi connectivity index (χ1v) is 7.93. The fourth-order valence-electron chi connectivity index (χ4n) is 2.24. The molecule has 3 aromatic rings. The van der Waals surface area contributed by atoms with Crippen LogP contribution >= 0.6 is 11.6 Å². The van der Waals surface area contributed by atoms with Crippen LogP contribution in [0.5, 0.6) is 11.5 Å². The number of nitro groups is 2. The van der Waals surface area contributed by atoms with Crippen LogP contribution in [-0.4, -0.2) is 26.0 Å². The Bertz CT molecular complexity index is 1070. The number of carbonyl (C=O) groups excluding carboxylic acids is 1. The van der Waals surface area contributed by atoms with Crippen LogP contribution in [-0.2, 0) is 0 Å². The van der Waals surface area contributed by atoms with Gasteiger partial charge in [0, 0.05) is 17.2 Å². The summed E-state index contributed by atoms with van der Waals surface area (Å²) in [6, 6.07) is 9.88. The maximum absolute atomic E-state index is 12.3. The average molecular weight is 404 g/mol. The van der Waals surface area contributed by atoms with Crippen molar-refractivity contribution in [3.8, 4) is 11.5 Å². The zero-order valence-corrected chi connectivity index (χ0v) is 14.5. The average Bonchev–Trinajstić information content (AvgIpc) is 3.14. The minimum Gasteiger partial charge on any atom is -0.457 e. The summed E-state index contributed by atoms with van der Waals surface area (Å²) in [5, 5.41) is 30.6. The smallest absolute Gasteiger partial charge is 0.319 e. The van der Waals surface area contributed by atoms with Crippen molar-refractivity contribution in [2.24, 2.45) is 0 Å². The Labute approximate surface area is 161 Å². The molecule has 0 spiro atoms. The van der Waals surface area contributed by atoms with Crippen molar-refractivity contribution in [2.75, 3.05) is 5.32 Å². The van der Waals surface area contributed by atoms with E-state index < -0.39 is 27.1 Å². The number of aromatic nitrogens is 2. The number of nitro benzene ring substituents is 1. The van der Waals surface area contributed by atoms with E-state index >= 15 is 0 Å². The van der Waals surface area contributed by atoms with E-state index in [-0.39, 0.29) is 17.1 Å². The van der Waals surface area contributed by atoms with Gasteiger partial charge in [-0.3, -0.25) is 30.1 Å². The van der Waals surface area contributed by atoms with Crippen LogP contribution in [0.4, 0.5) is 17.1 Å². The lowest BCUT2D eigenvalue weighted by Gasteiger charge is -2.09. The van der Waals surface area contributed by atoms with Crippen LogP contribution in [0.1, 0.15) is 10.5 Å². The number of H-pyrrole nitrogens is 1. The maximum atomic E-state index is 12.3. The molecule has 0 saturated carbocycles. The Morgan fingerprint density at radius 1 is 1.07 bits per heavy atom. The molecule has 2 N–H and O–H groups in total. The quantitative estimate of drug-likeness (QED) is 0.466. The molecule has 28 heavy (non-hydrogen) atoms. The normalized spacial score (nSPS) is 10.3. The van der Waals surface area contributed by atoms with Crippen LogP contribution in [0.25, 0.3) is 0 Å². The highest BCUT2D eigenvalue weighted by molar-refractivity contribution is 6.30. The Hall–Kier alpha value is -3.99. The van der Waals surface area contributed by atoms with E-state index in [1.165, 1.54) is 12.1 Å². The third-order valence-corrected chi connectivity index (χ3v) is 3.70. The van der Waals surface area contributed by atoms with Crippen LogP contribution in [0.2, 0.25) is 5.02 Å². The number of carbonyl (C=O) groups is 1. The number of amides is 1. The number of aromatic amines is 1. The minimum absolute atomic E-state index is 0.00654. The van der Waals surface area contributed by atoms with E-state index in [9.17, 15) is 25.0 Å². The summed E-state index contributed by atoms with van der Waals surface area (Å²) in [7, 11) is 0. The molecule has 1 aromatic heterocycles. The molecule has 0 saturated heterocycles. The van der Waals surface area contributed by atoms with Gasteiger partial charge >= 0.3 is 5.69 Å². The zero-order chi connectivity index (χ0) is 20.3. The second kappa shape index (κ2) is 7.72. The molecular formula is C16H10ClN5O6. The van der Waals surface area contributed by atoms with E-state index in [0.717, 1.165) is 12.3 Å². The fraction of sp³-hybridized carbons (Fsp3) is 0. The van der Waals surface area contributed by atoms with E-state index in [2.05, 4.69) is 15.5 Å². The number of hydrogen-bond donors (Lipinski definition) is 2. The molecule has 1 amide bonds. The molecule has 0 aliphatic rings. The first-order valence-electron chi connectivity index (χ1n) is 7.55. The summed E-state index contributed by atoms with van der Waals surface area (Å²) in [6.07, 6.45) is 0.886. The topological polar surface area (TPSA) is 153 Å². The van der Waals surface area contributed by atoms with Crippen molar-refractivity contribution < 1.29 is 19.4 Å². The van der Waals surface area contributed by atoms with Gasteiger partial charge in [-0.1, -0.05) is 11.6 Å². The summed E-state index contributed by atoms with van der Waals surface area (Å²) < 4.78 is 5.56. The van der Waals surface area contributed by atoms with Gasteiger partial charge in [-0.25, -0.2) is 0 Å². The summed E-state index contributed by atoms with van der Waals surface area (Å²) in [5.74, 6) is -0.445. The van der Waals surface area contributed by atoms with Gasteiger partial charge in [0.05, 0.1) is 21.6 Å². The summed E-state index contributed by atoms with van der Waals surface area (Å²) in [4.78, 5) is 32.9. The van der Waals surface area contributed by atoms with Gasteiger partial charge in [-0.15, -0.1) is 0 Å². The first kappa shape index (κ1) is 18.8. The SMILES string of the molecule is O=C(Nc1cc(Oc2ccc(Cl)cc2)cc([N+](=O)[O-])c1)c1[nH]ncc1[N+](=O)[O-]. The molecule has 0 aliphatic carbocycles. The van der Waals surface area contributed by atoms with E-state index in [0.29, 0.717) is 10.8 Å². The van der Waals surface area contributed by atoms with Gasteiger partial charge in [-0.2, -0.15) is 5.10 Å². The monoisotopic (exact) mass is 403 g/mol. The molecule has 11 nitrogen and oxygen atoms in total. The molecule has 2 aromatic carbocycles. The van der Waals surface area contributed by atoms with E-state index in [4.69, 9.17) is 16.3 Å².